The number of nitrogens with one attached hydrogen (secondary N) is 2. The van der Waals surface area contributed by atoms with Crippen molar-refractivity contribution < 1.29 is 14.6 Å². The van der Waals surface area contributed by atoms with Crippen molar-refractivity contribution in [2.45, 2.75) is 72.1 Å². The van der Waals surface area contributed by atoms with Gasteiger partial charge in [-0.3, -0.25) is 4.79 Å². The van der Waals surface area contributed by atoms with E-state index in [1.807, 2.05) is 20.8 Å². The Morgan fingerprint density at radius 3 is 2.38 bits per heavy atom. The van der Waals surface area contributed by atoms with Gasteiger partial charge in [0.15, 0.2) is 0 Å². The molecule has 0 bridgehead atoms. The summed E-state index contributed by atoms with van der Waals surface area (Å²) >= 11 is 0. The van der Waals surface area contributed by atoms with Crippen molar-refractivity contribution in [2.24, 2.45) is 5.92 Å². The fourth-order valence-electron chi connectivity index (χ4n) is 1.76. The van der Waals surface area contributed by atoms with Gasteiger partial charge in [0.05, 0.1) is 18.8 Å². The molecule has 0 aromatic rings. The van der Waals surface area contributed by atoms with Crippen LogP contribution >= 0.6 is 0 Å². The third-order valence-electron chi connectivity index (χ3n) is 2.93. The highest BCUT2D eigenvalue weighted by atomic mass is 16.5. The third kappa shape index (κ3) is 12.8. The highest BCUT2D eigenvalue weighted by Crippen LogP contribution is 2.03. The van der Waals surface area contributed by atoms with Crippen LogP contribution in [0, 0.1) is 5.92 Å². The molecule has 2 atom stereocenters. The second-order valence-electron chi connectivity index (χ2n) is 7.13. The average Bonchev–Trinajstić information content (AvgIpc) is 2.32. The van der Waals surface area contributed by atoms with Crippen LogP contribution in [0.4, 0.5) is 0 Å². The fourth-order valence-corrected chi connectivity index (χ4v) is 1.76. The second kappa shape index (κ2) is 10.1. The minimum atomic E-state index is -0.589. The van der Waals surface area contributed by atoms with Crippen molar-refractivity contribution in [2.75, 3.05) is 19.8 Å². The lowest BCUT2D eigenvalue weighted by Gasteiger charge is -2.24. The number of rotatable bonds is 10. The van der Waals surface area contributed by atoms with Crippen LogP contribution in [0.15, 0.2) is 0 Å². The van der Waals surface area contributed by atoms with Gasteiger partial charge in [0, 0.05) is 18.7 Å². The van der Waals surface area contributed by atoms with E-state index >= 15 is 0 Å². The zero-order chi connectivity index (χ0) is 16.5. The van der Waals surface area contributed by atoms with Gasteiger partial charge < -0.3 is 20.5 Å². The van der Waals surface area contributed by atoms with E-state index in [9.17, 15) is 9.90 Å². The molecule has 0 aromatic carbocycles. The molecule has 0 aliphatic rings. The number of hydrogen-bond acceptors (Lipinski definition) is 4. The molecule has 0 aromatic heterocycles. The van der Waals surface area contributed by atoms with Gasteiger partial charge in [-0.2, -0.15) is 0 Å². The van der Waals surface area contributed by atoms with Gasteiger partial charge in [-0.25, -0.2) is 0 Å². The number of carbonyl (C=O) groups excluding carboxylic acids is 1. The van der Waals surface area contributed by atoms with Gasteiger partial charge in [-0.1, -0.05) is 13.8 Å². The van der Waals surface area contributed by atoms with E-state index in [1.165, 1.54) is 0 Å². The van der Waals surface area contributed by atoms with E-state index in [0.29, 0.717) is 25.7 Å². The fraction of sp³-hybridized carbons (Fsp3) is 0.938. The summed E-state index contributed by atoms with van der Waals surface area (Å²) in [5.41, 5.74) is -0.245. The predicted molar refractivity (Wildman–Crippen MR) is 86.3 cm³/mol. The molecule has 0 heterocycles. The van der Waals surface area contributed by atoms with Crippen molar-refractivity contribution in [1.29, 1.82) is 0 Å². The van der Waals surface area contributed by atoms with Gasteiger partial charge in [-0.05, 0) is 46.5 Å². The van der Waals surface area contributed by atoms with Crippen LogP contribution in [0.1, 0.15) is 54.4 Å². The molecule has 21 heavy (non-hydrogen) atoms. The van der Waals surface area contributed by atoms with E-state index in [0.717, 1.165) is 12.8 Å². The summed E-state index contributed by atoms with van der Waals surface area (Å²) < 4.78 is 5.43. The maximum atomic E-state index is 11.8. The van der Waals surface area contributed by atoms with E-state index in [1.54, 1.807) is 6.92 Å². The quantitative estimate of drug-likeness (QED) is 0.537. The number of aliphatic hydroxyl groups is 1. The SMILES string of the molecule is CC(C)CCCOCC(O)CNC(C)C(=O)NC(C)(C)C. The summed E-state index contributed by atoms with van der Waals surface area (Å²) in [5.74, 6) is 0.620. The first-order valence-corrected chi connectivity index (χ1v) is 7.93. The maximum absolute atomic E-state index is 11.8. The van der Waals surface area contributed by atoms with E-state index in [2.05, 4.69) is 24.5 Å². The number of amides is 1. The summed E-state index contributed by atoms with van der Waals surface area (Å²) in [6, 6.07) is -0.334. The molecular formula is C16H34N2O3. The van der Waals surface area contributed by atoms with Gasteiger partial charge in [0.25, 0.3) is 0 Å². The van der Waals surface area contributed by atoms with Crippen LogP contribution in [-0.4, -0.2) is 48.5 Å². The minimum absolute atomic E-state index is 0.0625. The molecule has 0 saturated heterocycles. The Bertz CT molecular complexity index is 288. The smallest absolute Gasteiger partial charge is 0.237 e. The summed E-state index contributed by atoms with van der Waals surface area (Å²) in [6.07, 6.45) is 1.56. The largest absolute Gasteiger partial charge is 0.389 e. The lowest BCUT2D eigenvalue weighted by atomic mass is 10.1. The molecular weight excluding hydrogens is 268 g/mol. The van der Waals surface area contributed by atoms with Gasteiger partial charge >= 0.3 is 0 Å². The zero-order valence-corrected chi connectivity index (χ0v) is 14.5. The highest BCUT2D eigenvalue weighted by Gasteiger charge is 2.19. The number of ether oxygens (including phenoxy) is 1. The lowest BCUT2D eigenvalue weighted by Crippen LogP contribution is -2.51. The van der Waals surface area contributed by atoms with Gasteiger partial charge in [0.2, 0.25) is 5.91 Å². The van der Waals surface area contributed by atoms with Crippen LogP contribution in [0.5, 0.6) is 0 Å². The molecule has 0 radical (unpaired) electrons. The molecule has 0 spiro atoms. The minimum Gasteiger partial charge on any atom is -0.389 e. The Balaban J connectivity index is 3.72. The second-order valence-corrected chi connectivity index (χ2v) is 7.13. The average molecular weight is 302 g/mol. The molecule has 5 nitrogen and oxygen atoms in total. The Labute approximate surface area is 129 Å². The van der Waals surface area contributed by atoms with Crippen LogP contribution in [0.2, 0.25) is 0 Å². The van der Waals surface area contributed by atoms with Crippen LogP contribution in [-0.2, 0) is 9.53 Å². The standard InChI is InChI=1S/C16H34N2O3/c1-12(2)8-7-9-21-11-14(19)10-17-13(3)15(20)18-16(4,5)6/h12-14,17,19H,7-11H2,1-6H3,(H,18,20). The first-order valence-electron chi connectivity index (χ1n) is 7.93. The molecule has 1 amide bonds. The first-order chi connectivity index (χ1) is 9.61. The number of hydrogen-bond donors (Lipinski definition) is 3. The molecule has 0 rings (SSSR count). The normalized spacial score (nSPS) is 15.0. The summed E-state index contributed by atoms with van der Waals surface area (Å²) in [7, 11) is 0. The molecule has 2 unspecified atom stereocenters. The van der Waals surface area contributed by atoms with Crippen LogP contribution in [0.3, 0.4) is 0 Å². The zero-order valence-electron chi connectivity index (χ0n) is 14.5. The van der Waals surface area contributed by atoms with Crippen molar-refractivity contribution in [1.82, 2.24) is 10.6 Å². The van der Waals surface area contributed by atoms with E-state index < -0.39 is 6.10 Å². The predicted octanol–water partition coefficient (Wildman–Crippen LogP) is 1.69. The van der Waals surface area contributed by atoms with Crippen molar-refractivity contribution in [3.63, 3.8) is 0 Å². The van der Waals surface area contributed by atoms with Crippen LogP contribution in [0.25, 0.3) is 0 Å². The molecule has 0 saturated carbocycles. The maximum Gasteiger partial charge on any atom is 0.237 e. The third-order valence-corrected chi connectivity index (χ3v) is 2.93. The summed E-state index contributed by atoms with van der Waals surface area (Å²) in [6.45, 7) is 13.3. The van der Waals surface area contributed by atoms with Crippen molar-refractivity contribution in [3.8, 4) is 0 Å². The Kier molecular flexibility index (Phi) is 9.83. The Morgan fingerprint density at radius 1 is 1.24 bits per heavy atom. The number of aliphatic hydroxyl groups excluding tert-OH is 1. The van der Waals surface area contributed by atoms with Gasteiger partial charge in [-0.15, -0.1) is 0 Å². The topological polar surface area (TPSA) is 70.6 Å². The number of carbonyl (C=O) groups is 1. The molecule has 126 valence electrons. The Morgan fingerprint density at radius 2 is 1.86 bits per heavy atom. The Hall–Kier alpha value is -0.650. The monoisotopic (exact) mass is 302 g/mol. The first kappa shape index (κ1) is 20.3. The summed E-state index contributed by atoms with van der Waals surface area (Å²) in [4.78, 5) is 11.8. The van der Waals surface area contributed by atoms with E-state index in [4.69, 9.17) is 4.74 Å². The van der Waals surface area contributed by atoms with Gasteiger partial charge in [0.1, 0.15) is 0 Å². The highest BCUT2D eigenvalue weighted by molar-refractivity contribution is 5.81. The molecule has 0 aliphatic heterocycles. The van der Waals surface area contributed by atoms with E-state index in [-0.39, 0.29) is 17.5 Å². The van der Waals surface area contributed by atoms with Crippen LogP contribution < -0.4 is 10.6 Å². The van der Waals surface area contributed by atoms with Crippen molar-refractivity contribution >= 4 is 5.91 Å². The molecule has 0 aliphatic carbocycles. The van der Waals surface area contributed by atoms with Crippen molar-refractivity contribution in [3.05, 3.63) is 0 Å². The molecule has 0 fully saturated rings. The molecule has 5 heteroatoms. The lowest BCUT2D eigenvalue weighted by molar-refractivity contribution is -0.124. The summed E-state index contributed by atoms with van der Waals surface area (Å²) in [5, 5.41) is 15.7. The molecule has 3 N–H and O–H groups in total.